The van der Waals surface area contributed by atoms with Crippen LogP contribution < -0.4 is 0 Å². The molecule has 1 aromatic heterocycles. The largest absolute Gasteiger partial charge is 0.481 e. The molecule has 1 aliphatic heterocycles. The maximum absolute atomic E-state index is 12.2. The third-order valence-corrected chi connectivity index (χ3v) is 4.27. The number of rotatable bonds is 3. The van der Waals surface area contributed by atoms with Crippen LogP contribution in [0.3, 0.4) is 0 Å². The minimum Gasteiger partial charge on any atom is -0.481 e. The lowest BCUT2D eigenvalue weighted by atomic mass is 9.85. The van der Waals surface area contributed by atoms with Crippen LogP contribution in [0.4, 0.5) is 0 Å². The van der Waals surface area contributed by atoms with E-state index in [-0.39, 0.29) is 25.4 Å². The second kappa shape index (κ2) is 5.58. The normalized spacial score (nSPS) is 22.6. The van der Waals surface area contributed by atoms with Crippen LogP contribution in [0, 0.1) is 18.8 Å². The number of aryl methyl sites for hydroxylation is 1. The summed E-state index contributed by atoms with van der Waals surface area (Å²) >= 11 is 1.24. The number of hydrogen-bond donors (Lipinski definition) is 2. The smallest absolute Gasteiger partial charge is 0.309 e. The average Bonchev–Trinajstić information content (AvgIpc) is 2.83. The van der Waals surface area contributed by atoms with E-state index in [0.717, 1.165) is 5.01 Å². The summed E-state index contributed by atoms with van der Waals surface area (Å²) in [6, 6.07) is 0. The van der Waals surface area contributed by atoms with Gasteiger partial charge < -0.3 is 15.1 Å². The molecule has 2 rings (SSSR count). The number of nitrogens with zero attached hydrogens (tertiary/aromatic N) is 2. The highest BCUT2D eigenvalue weighted by Gasteiger charge is 2.40. The van der Waals surface area contributed by atoms with Crippen LogP contribution in [0.2, 0.25) is 0 Å². The molecule has 2 unspecified atom stereocenters. The van der Waals surface area contributed by atoms with E-state index in [9.17, 15) is 14.4 Å². The molecule has 0 spiro atoms. The Morgan fingerprint density at radius 2 is 1.95 bits per heavy atom. The molecule has 0 radical (unpaired) electrons. The molecule has 1 aromatic rings. The first-order valence-corrected chi connectivity index (χ1v) is 6.89. The highest BCUT2D eigenvalue weighted by atomic mass is 32.1. The van der Waals surface area contributed by atoms with Gasteiger partial charge in [0.1, 0.15) is 4.88 Å². The van der Waals surface area contributed by atoms with Gasteiger partial charge in [-0.1, -0.05) is 0 Å². The number of piperidine rings is 1. The molecule has 108 valence electrons. The molecule has 8 heteroatoms. The topological polar surface area (TPSA) is 108 Å². The summed E-state index contributed by atoms with van der Waals surface area (Å²) in [6.45, 7) is 1.94. The maximum atomic E-state index is 12.2. The lowest BCUT2D eigenvalue weighted by molar-refractivity contribution is -0.156. The summed E-state index contributed by atoms with van der Waals surface area (Å²) in [4.78, 5) is 40.3. The first-order valence-electron chi connectivity index (χ1n) is 6.07. The number of carbonyl (C=O) groups is 3. The maximum Gasteiger partial charge on any atom is 0.309 e. The average molecular weight is 298 g/mol. The number of likely N-dealkylation sites (tertiary alicyclic amines) is 1. The number of hydrogen-bond acceptors (Lipinski definition) is 5. The molecule has 20 heavy (non-hydrogen) atoms. The van der Waals surface area contributed by atoms with Crippen LogP contribution in [-0.4, -0.2) is 51.0 Å². The number of carbonyl (C=O) groups excluding carboxylic acids is 1. The molecular formula is C12H14N2O5S. The van der Waals surface area contributed by atoms with Crippen molar-refractivity contribution < 1.29 is 24.6 Å². The highest BCUT2D eigenvalue weighted by Crippen LogP contribution is 2.26. The third kappa shape index (κ3) is 2.79. The molecule has 1 fully saturated rings. The fourth-order valence-corrected chi connectivity index (χ4v) is 3.04. The molecule has 1 aliphatic rings. The fourth-order valence-electron chi connectivity index (χ4n) is 2.30. The first kappa shape index (κ1) is 14.4. The monoisotopic (exact) mass is 298 g/mol. The van der Waals surface area contributed by atoms with Gasteiger partial charge in [0.2, 0.25) is 0 Å². The van der Waals surface area contributed by atoms with Gasteiger partial charge in [-0.2, -0.15) is 0 Å². The van der Waals surface area contributed by atoms with Gasteiger partial charge in [0.05, 0.1) is 23.0 Å². The van der Waals surface area contributed by atoms with Crippen molar-refractivity contribution in [1.29, 1.82) is 0 Å². The summed E-state index contributed by atoms with van der Waals surface area (Å²) in [7, 11) is 0. The Balaban J connectivity index is 2.14. The molecule has 0 bridgehead atoms. The second-order valence-corrected chi connectivity index (χ2v) is 5.91. The van der Waals surface area contributed by atoms with Crippen LogP contribution >= 0.6 is 11.3 Å². The Hall–Kier alpha value is -1.96. The molecule has 1 saturated heterocycles. The van der Waals surface area contributed by atoms with Crippen LogP contribution in [-0.2, 0) is 9.59 Å². The van der Waals surface area contributed by atoms with Crippen LogP contribution in [0.1, 0.15) is 21.1 Å². The zero-order valence-electron chi connectivity index (χ0n) is 10.8. The van der Waals surface area contributed by atoms with Crippen LogP contribution in [0.15, 0.2) is 6.20 Å². The molecule has 2 N–H and O–H groups in total. The van der Waals surface area contributed by atoms with E-state index < -0.39 is 23.8 Å². The summed E-state index contributed by atoms with van der Waals surface area (Å²) < 4.78 is 0. The van der Waals surface area contributed by atoms with Crippen molar-refractivity contribution in [3.63, 3.8) is 0 Å². The Morgan fingerprint density at radius 1 is 1.30 bits per heavy atom. The van der Waals surface area contributed by atoms with Crippen molar-refractivity contribution in [2.24, 2.45) is 11.8 Å². The van der Waals surface area contributed by atoms with Crippen molar-refractivity contribution in [2.45, 2.75) is 13.3 Å². The third-order valence-electron chi connectivity index (χ3n) is 3.37. The van der Waals surface area contributed by atoms with Gasteiger partial charge in [-0.05, 0) is 13.3 Å². The van der Waals surface area contributed by atoms with E-state index in [1.807, 2.05) is 0 Å². The number of aromatic nitrogens is 1. The Kier molecular flexibility index (Phi) is 4.03. The van der Waals surface area contributed by atoms with Crippen molar-refractivity contribution in [2.75, 3.05) is 13.1 Å². The van der Waals surface area contributed by atoms with Gasteiger partial charge in [0.25, 0.3) is 5.91 Å². The van der Waals surface area contributed by atoms with Crippen LogP contribution in [0.5, 0.6) is 0 Å². The van der Waals surface area contributed by atoms with Gasteiger partial charge in [-0.25, -0.2) is 4.98 Å². The summed E-state index contributed by atoms with van der Waals surface area (Å²) in [5.41, 5.74) is 0. The molecule has 1 amide bonds. The zero-order chi connectivity index (χ0) is 14.9. The molecular weight excluding hydrogens is 284 g/mol. The molecule has 2 atom stereocenters. The lowest BCUT2D eigenvalue weighted by Crippen LogP contribution is -2.48. The Bertz CT molecular complexity index is 556. The number of thiazole rings is 1. The zero-order valence-corrected chi connectivity index (χ0v) is 11.6. The molecule has 2 heterocycles. The SMILES string of the molecule is Cc1ncc(C(=O)N2CCC(C(=O)O)C(C(=O)O)C2)s1. The van der Waals surface area contributed by atoms with Gasteiger partial charge in [-0.15, -0.1) is 11.3 Å². The number of aliphatic carboxylic acids is 2. The minimum absolute atomic E-state index is 0.0813. The van der Waals surface area contributed by atoms with Crippen molar-refractivity contribution in [1.82, 2.24) is 9.88 Å². The van der Waals surface area contributed by atoms with Gasteiger partial charge in [-0.3, -0.25) is 14.4 Å². The molecule has 0 aromatic carbocycles. The van der Waals surface area contributed by atoms with E-state index in [0.29, 0.717) is 4.88 Å². The number of carboxylic acids is 2. The van der Waals surface area contributed by atoms with Gasteiger partial charge in [0.15, 0.2) is 0 Å². The highest BCUT2D eigenvalue weighted by molar-refractivity contribution is 7.13. The fraction of sp³-hybridized carbons (Fsp3) is 0.500. The lowest BCUT2D eigenvalue weighted by Gasteiger charge is -2.34. The quantitative estimate of drug-likeness (QED) is 0.850. The molecule has 0 saturated carbocycles. The predicted molar refractivity (Wildman–Crippen MR) is 69.6 cm³/mol. The van der Waals surface area contributed by atoms with E-state index in [1.165, 1.54) is 22.4 Å². The van der Waals surface area contributed by atoms with E-state index in [2.05, 4.69) is 4.98 Å². The predicted octanol–water partition coefficient (Wildman–Crippen LogP) is 0.699. The van der Waals surface area contributed by atoms with Crippen LogP contribution in [0.25, 0.3) is 0 Å². The number of carboxylic acid groups (broad SMARTS) is 2. The number of amides is 1. The molecule has 0 aliphatic carbocycles. The van der Waals surface area contributed by atoms with E-state index in [4.69, 9.17) is 10.2 Å². The first-order chi connectivity index (χ1) is 9.40. The second-order valence-electron chi connectivity index (χ2n) is 4.67. The Morgan fingerprint density at radius 3 is 2.45 bits per heavy atom. The van der Waals surface area contributed by atoms with E-state index in [1.54, 1.807) is 6.92 Å². The summed E-state index contributed by atoms with van der Waals surface area (Å²) in [5.74, 6) is -4.61. The summed E-state index contributed by atoms with van der Waals surface area (Å²) in [5, 5.41) is 18.9. The van der Waals surface area contributed by atoms with Crippen molar-refractivity contribution >= 4 is 29.2 Å². The van der Waals surface area contributed by atoms with Gasteiger partial charge >= 0.3 is 11.9 Å². The molecule has 7 nitrogen and oxygen atoms in total. The standard InChI is InChI=1S/C12H14N2O5S/c1-6-13-4-9(20-6)10(15)14-3-2-7(11(16)17)8(5-14)12(18)19/h4,7-8H,2-3,5H2,1H3,(H,16,17)(H,18,19). The van der Waals surface area contributed by atoms with E-state index >= 15 is 0 Å². The summed E-state index contributed by atoms with van der Waals surface area (Å²) in [6.07, 6.45) is 1.61. The van der Waals surface area contributed by atoms with Gasteiger partial charge in [0, 0.05) is 13.1 Å². The Labute approximate surface area is 118 Å². The van der Waals surface area contributed by atoms with Crippen molar-refractivity contribution in [3.8, 4) is 0 Å². The minimum atomic E-state index is -1.18. The van der Waals surface area contributed by atoms with Crippen molar-refractivity contribution in [3.05, 3.63) is 16.1 Å².